The predicted molar refractivity (Wildman–Crippen MR) is 79.4 cm³/mol. The van der Waals surface area contributed by atoms with Crippen LogP contribution in [0.3, 0.4) is 0 Å². The molecule has 1 aromatic carbocycles. The third-order valence-corrected chi connectivity index (χ3v) is 5.26. The van der Waals surface area contributed by atoms with E-state index in [1.165, 1.54) is 10.7 Å². The largest absolute Gasteiger partial charge is 0.398 e. The molecule has 0 aliphatic carbocycles. The van der Waals surface area contributed by atoms with Gasteiger partial charge in [0, 0.05) is 6.54 Å². The van der Waals surface area contributed by atoms with Gasteiger partial charge >= 0.3 is 0 Å². The van der Waals surface area contributed by atoms with Crippen LogP contribution in [0.5, 0.6) is 0 Å². The lowest BCUT2D eigenvalue weighted by Crippen LogP contribution is -2.12. The molecule has 0 bridgehead atoms. The average Bonchev–Trinajstić information content (AvgIpc) is 2.68. The number of sulfone groups is 1. The van der Waals surface area contributed by atoms with Crippen molar-refractivity contribution in [2.45, 2.75) is 31.0 Å². The highest BCUT2D eigenvalue weighted by atomic mass is 35.5. The fourth-order valence-electron chi connectivity index (χ4n) is 2.04. The first-order valence-electron chi connectivity index (χ1n) is 6.25. The molecule has 2 rings (SSSR count). The highest BCUT2D eigenvalue weighted by Crippen LogP contribution is 2.28. The van der Waals surface area contributed by atoms with E-state index in [0.29, 0.717) is 23.0 Å². The maximum atomic E-state index is 13.3. The van der Waals surface area contributed by atoms with Gasteiger partial charge in [0.15, 0.2) is 9.84 Å². The van der Waals surface area contributed by atoms with Crippen LogP contribution in [-0.4, -0.2) is 18.2 Å². The van der Waals surface area contributed by atoms with Gasteiger partial charge in [-0.1, -0.05) is 11.6 Å². The number of hydrogen-bond acceptors (Lipinski definition) is 4. The van der Waals surface area contributed by atoms with Crippen LogP contribution in [0.2, 0.25) is 5.02 Å². The lowest BCUT2D eigenvalue weighted by molar-refractivity contribution is 0.582. The van der Waals surface area contributed by atoms with E-state index in [-0.39, 0.29) is 16.3 Å². The Balaban J connectivity index is 2.50. The number of rotatable bonds is 4. The lowest BCUT2D eigenvalue weighted by Gasteiger charge is -2.09. The fourth-order valence-corrected chi connectivity index (χ4v) is 3.85. The van der Waals surface area contributed by atoms with Crippen LogP contribution in [0, 0.1) is 12.7 Å². The maximum Gasteiger partial charge on any atom is 0.186 e. The van der Waals surface area contributed by atoms with Crippen molar-refractivity contribution in [1.82, 2.24) is 9.78 Å². The van der Waals surface area contributed by atoms with Crippen LogP contribution < -0.4 is 5.73 Å². The summed E-state index contributed by atoms with van der Waals surface area (Å²) >= 11 is 6.10. The van der Waals surface area contributed by atoms with Gasteiger partial charge in [-0.3, -0.25) is 4.68 Å². The number of nitrogens with zero attached hydrogens (tertiary/aromatic N) is 2. The summed E-state index contributed by atoms with van der Waals surface area (Å²) in [6.07, 6.45) is 0. The van der Waals surface area contributed by atoms with Crippen molar-refractivity contribution in [2.24, 2.45) is 0 Å². The average molecular weight is 332 g/mol. The standard InChI is InChI=1S/C13H15ClFN3O2S/c1-3-18-11(13(14)8(2)17-18)7-21(19,20)12-6-9(15)4-5-10(12)16/h4-6H,3,7,16H2,1-2H3. The molecule has 0 aliphatic heterocycles. The summed E-state index contributed by atoms with van der Waals surface area (Å²) in [6, 6.07) is 3.26. The normalized spacial score (nSPS) is 11.8. The molecule has 0 spiro atoms. The number of halogens is 2. The Hall–Kier alpha value is -1.60. The van der Waals surface area contributed by atoms with Crippen molar-refractivity contribution in [3.8, 4) is 0 Å². The number of benzene rings is 1. The van der Waals surface area contributed by atoms with E-state index >= 15 is 0 Å². The topological polar surface area (TPSA) is 78.0 Å². The van der Waals surface area contributed by atoms with Crippen LogP contribution in [0.1, 0.15) is 18.3 Å². The lowest BCUT2D eigenvalue weighted by atomic mass is 10.3. The van der Waals surface area contributed by atoms with Crippen LogP contribution in [-0.2, 0) is 22.1 Å². The molecule has 0 radical (unpaired) electrons. The van der Waals surface area contributed by atoms with Crippen molar-refractivity contribution < 1.29 is 12.8 Å². The summed E-state index contributed by atoms with van der Waals surface area (Å²) in [7, 11) is -3.82. The molecular weight excluding hydrogens is 317 g/mol. The Bertz CT molecular complexity index is 787. The van der Waals surface area contributed by atoms with Gasteiger partial charge < -0.3 is 5.73 Å². The number of nitrogens with two attached hydrogens (primary N) is 1. The molecule has 8 heteroatoms. The van der Waals surface area contributed by atoms with Gasteiger partial charge in [-0.05, 0) is 32.0 Å². The second-order valence-electron chi connectivity index (χ2n) is 4.60. The van der Waals surface area contributed by atoms with Crippen molar-refractivity contribution in [2.75, 3.05) is 5.73 Å². The fraction of sp³-hybridized carbons (Fsp3) is 0.308. The predicted octanol–water partition coefficient (Wildman–Crippen LogP) is 2.56. The van der Waals surface area contributed by atoms with Crippen molar-refractivity contribution in [3.05, 3.63) is 40.4 Å². The molecule has 0 unspecified atom stereocenters. The summed E-state index contributed by atoms with van der Waals surface area (Å²) in [5.74, 6) is -1.04. The maximum absolute atomic E-state index is 13.3. The third-order valence-electron chi connectivity index (χ3n) is 3.09. The van der Waals surface area contributed by atoms with Gasteiger partial charge in [0.1, 0.15) is 5.82 Å². The molecule has 0 atom stereocenters. The monoisotopic (exact) mass is 331 g/mol. The second-order valence-corrected chi connectivity index (χ2v) is 6.94. The number of anilines is 1. The molecule has 21 heavy (non-hydrogen) atoms. The molecule has 1 heterocycles. The number of nitrogen functional groups attached to an aromatic ring is 1. The van der Waals surface area contributed by atoms with Crippen molar-refractivity contribution >= 4 is 27.1 Å². The minimum Gasteiger partial charge on any atom is -0.398 e. The summed E-state index contributed by atoms with van der Waals surface area (Å²) in [6.45, 7) is 4.01. The molecular formula is C13H15ClFN3O2S. The molecule has 0 amide bonds. The Morgan fingerprint density at radius 1 is 1.43 bits per heavy atom. The molecule has 1 aromatic heterocycles. The first-order valence-corrected chi connectivity index (χ1v) is 8.29. The zero-order valence-corrected chi connectivity index (χ0v) is 13.2. The Morgan fingerprint density at radius 3 is 2.71 bits per heavy atom. The van der Waals surface area contributed by atoms with Gasteiger partial charge in [0.2, 0.25) is 0 Å². The Morgan fingerprint density at radius 2 is 2.10 bits per heavy atom. The Labute approximate surface area is 127 Å². The highest BCUT2D eigenvalue weighted by molar-refractivity contribution is 7.90. The number of aromatic nitrogens is 2. The van der Waals surface area contributed by atoms with Crippen molar-refractivity contribution in [1.29, 1.82) is 0 Å². The van der Waals surface area contributed by atoms with E-state index < -0.39 is 15.7 Å². The SMILES string of the molecule is CCn1nc(C)c(Cl)c1CS(=O)(=O)c1cc(F)ccc1N. The molecule has 5 nitrogen and oxygen atoms in total. The van der Waals surface area contributed by atoms with Gasteiger partial charge in [-0.2, -0.15) is 5.10 Å². The molecule has 0 saturated heterocycles. The molecule has 114 valence electrons. The second kappa shape index (κ2) is 5.65. The molecule has 2 N–H and O–H groups in total. The van der Waals surface area contributed by atoms with Crippen LogP contribution >= 0.6 is 11.6 Å². The molecule has 0 fully saturated rings. The summed E-state index contributed by atoms with van der Waals surface area (Å²) in [5.41, 5.74) is 6.58. The minimum atomic E-state index is -3.82. The summed E-state index contributed by atoms with van der Waals surface area (Å²) < 4.78 is 39.7. The first kappa shape index (κ1) is 15.8. The Kier molecular flexibility index (Phi) is 4.25. The minimum absolute atomic E-state index is 0.00630. The molecule has 2 aromatic rings. The third kappa shape index (κ3) is 3.03. The zero-order chi connectivity index (χ0) is 15.8. The number of aryl methyl sites for hydroxylation is 2. The zero-order valence-electron chi connectivity index (χ0n) is 11.6. The number of hydrogen-bond donors (Lipinski definition) is 1. The van der Waals surface area contributed by atoms with Crippen molar-refractivity contribution in [3.63, 3.8) is 0 Å². The van der Waals surface area contributed by atoms with Crippen LogP contribution in [0.25, 0.3) is 0 Å². The van der Waals surface area contributed by atoms with Gasteiger partial charge in [-0.25, -0.2) is 12.8 Å². The van der Waals surface area contributed by atoms with Gasteiger partial charge in [0.25, 0.3) is 0 Å². The van der Waals surface area contributed by atoms with Crippen LogP contribution in [0.4, 0.5) is 10.1 Å². The first-order chi connectivity index (χ1) is 9.76. The molecule has 0 aliphatic rings. The highest BCUT2D eigenvalue weighted by Gasteiger charge is 2.24. The van der Waals surface area contributed by atoms with E-state index in [9.17, 15) is 12.8 Å². The van der Waals surface area contributed by atoms with E-state index in [1.54, 1.807) is 6.92 Å². The molecule has 0 saturated carbocycles. The van der Waals surface area contributed by atoms with Crippen LogP contribution in [0.15, 0.2) is 23.1 Å². The van der Waals surface area contributed by atoms with E-state index in [4.69, 9.17) is 17.3 Å². The van der Waals surface area contributed by atoms with E-state index in [1.807, 2.05) is 6.92 Å². The smallest absolute Gasteiger partial charge is 0.186 e. The summed E-state index contributed by atoms with van der Waals surface area (Å²) in [4.78, 5) is -0.236. The quantitative estimate of drug-likeness (QED) is 0.873. The summed E-state index contributed by atoms with van der Waals surface area (Å²) in [5, 5.41) is 4.46. The van der Waals surface area contributed by atoms with Gasteiger partial charge in [0.05, 0.1) is 32.7 Å². The van der Waals surface area contributed by atoms with Gasteiger partial charge in [-0.15, -0.1) is 0 Å². The van der Waals surface area contributed by atoms with E-state index in [0.717, 1.165) is 12.1 Å². The van der Waals surface area contributed by atoms with E-state index in [2.05, 4.69) is 5.10 Å².